The predicted molar refractivity (Wildman–Crippen MR) is 47.8 cm³/mol. The van der Waals surface area contributed by atoms with E-state index in [1.54, 1.807) is 12.1 Å². The normalized spacial score (nSPS) is 20.1. The van der Waals surface area contributed by atoms with E-state index in [1.165, 1.54) is 0 Å². The predicted octanol–water partition coefficient (Wildman–Crippen LogP) is 1.89. The summed E-state index contributed by atoms with van der Waals surface area (Å²) in [7, 11) is 0. The van der Waals surface area contributed by atoms with Crippen LogP contribution >= 0.6 is 11.6 Å². The molecular formula is C9H6ClNO. The second kappa shape index (κ2) is 2.72. The molecule has 0 fully saturated rings. The fourth-order valence-corrected chi connectivity index (χ4v) is 1.21. The molecule has 1 aromatic rings. The van der Waals surface area contributed by atoms with Gasteiger partial charge in [0.05, 0.1) is 0 Å². The van der Waals surface area contributed by atoms with E-state index in [2.05, 4.69) is 4.99 Å². The van der Waals surface area contributed by atoms with Crippen molar-refractivity contribution in [1.82, 2.24) is 0 Å². The molecular weight excluding hydrogens is 174 g/mol. The van der Waals surface area contributed by atoms with Crippen molar-refractivity contribution in [2.45, 2.75) is 6.04 Å². The molecule has 1 unspecified atom stereocenters. The number of halogens is 1. The molecule has 0 amide bonds. The van der Waals surface area contributed by atoms with Crippen LogP contribution in [0.25, 0.3) is 0 Å². The van der Waals surface area contributed by atoms with Crippen molar-refractivity contribution < 1.29 is 4.79 Å². The summed E-state index contributed by atoms with van der Waals surface area (Å²) in [5, 5.41) is 0.420. The van der Waals surface area contributed by atoms with Crippen LogP contribution in [-0.2, 0) is 0 Å². The number of Topliss-reactive ketones (excluding diaryl/α,β-unsaturated/α-hetero) is 1. The Morgan fingerprint density at radius 1 is 1.33 bits per heavy atom. The van der Waals surface area contributed by atoms with Gasteiger partial charge in [-0.1, -0.05) is 41.9 Å². The van der Waals surface area contributed by atoms with Crippen molar-refractivity contribution in [3.63, 3.8) is 0 Å². The van der Waals surface area contributed by atoms with Gasteiger partial charge in [-0.3, -0.25) is 9.79 Å². The van der Waals surface area contributed by atoms with Crippen LogP contribution in [0.4, 0.5) is 0 Å². The van der Waals surface area contributed by atoms with Crippen LogP contribution in [-0.4, -0.2) is 17.0 Å². The Kier molecular flexibility index (Phi) is 1.70. The van der Waals surface area contributed by atoms with E-state index in [0.717, 1.165) is 0 Å². The van der Waals surface area contributed by atoms with Crippen molar-refractivity contribution in [2.24, 2.45) is 4.99 Å². The lowest BCUT2D eigenvalue weighted by Gasteiger charge is -1.94. The molecule has 1 aliphatic rings. The van der Waals surface area contributed by atoms with Gasteiger partial charge in [-0.15, -0.1) is 0 Å². The average Bonchev–Trinajstić information content (AvgIpc) is 2.83. The summed E-state index contributed by atoms with van der Waals surface area (Å²) in [6, 6.07) is 8.66. The molecule has 0 bridgehead atoms. The summed E-state index contributed by atoms with van der Waals surface area (Å²) in [4.78, 5) is 15.2. The maximum atomic E-state index is 11.4. The minimum absolute atomic E-state index is 0.0133. The molecule has 1 aromatic carbocycles. The second-order valence-electron chi connectivity index (χ2n) is 2.58. The number of hydrogen-bond acceptors (Lipinski definition) is 2. The van der Waals surface area contributed by atoms with Crippen molar-refractivity contribution in [1.29, 1.82) is 0 Å². The van der Waals surface area contributed by atoms with Crippen molar-refractivity contribution >= 4 is 22.6 Å². The molecule has 0 aromatic heterocycles. The first-order valence-corrected chi connectivity index (χ1v) is 3.99. The van der Waals surface area contributed by atoms with Crippen LogP contribution in [0.3, 0.4) is 0 Å². The summed E-state index contributed by atoms with van der Waals surface area (Å²) in [5.41, 5.74) is 0.668. The number of carbonyl (C=O) groups excluding carboxylic acids is 1. The third kappa shape index (κ3) is 1.25. The number of carbonyl (C=O) groups is 1. The van der Waals surface area contributed by atoms with Crippen molar-refractivity contribution in [2.75, 3.05) is 0 Å². The van der Waals surface area contributed by atoms with Gasteiger partial charge < -0.3 is 0 Å². The van der Waals surface area contributed by atoms with Gasteiger partial charge in [-0.25, -0.2) is 0 Å². The van der Waals surface area contributed by atoms with Crippen LogP contribution in [0.15, 0.2) is 35.3 Å². The monoisotopic (exact) mass is 179 g/mol. The quantitative estimate of drug-likeness (QED) is 0.638. The SMILES string of the molecule is O=C(c1ccccc1)C1N=C1Cl. The molecule has 0 N–H and O–H groups in total. The second-order valence-corrected chi connectivity index (χ2v) is 2.97. The molecule has 2 nitrogen and oxygen atoms in total. The fourth-order valence-electron chi connectivity index (χ4n) is 1.01. The molecule has 3 heteroatoms. The van der Waals surface area contributed by atoms with E-state index >= 15 is 0 Å². The number of rotatable bonds is 2. The molecule has 0 spiro atoms. The van der Waals surface area contributed by atoms with E-state index in [1.807, 2.05) is 18.2 Å². The minimum Gasteiger partial charge on any atom is -0.291 e. The highest BCUT2D eigenvalue weighted by molar-refractivity contribution is 6.73. The summed E-state index contributed by atoms with van der Waals surface area (Å²) in [5.74, 6) is -0.0133. The third-order valence-electron chi connectivity index (χ3n) is 1.72. The summed E-state index contributed by atoms with van der Waals surface area (Å²) >= 11 is 5.53. The van der Waals surface area contributed by atoms with Crippen LogP contribution in [0, 0.1) is 0 Å². The van der Waals surface area contributed by atoms with Crippen LogP contribution < -0.4 is 0 Å². The molecule has 1 aliphatic heterocycles. The number of aliphatic imine (C=N–C) groups is 1. The Morgan fingerprint density at radius 3 is 2.42 bits per heavy atom. The van der Waals surface area contributed by atoms with Crippen LogP contribution in [0.2, 0.25) is 0 Å². The van der Waals surface area contributed by atoms with Gasteiger partial charge in [0.15, 0.2) is 11.8 Å². The summed E-state index contributed by atoms with van der Waals surface area (Å²) in [6.07, 6.45) is 0. The molecule has 0 aliphatic carbocycles. The van der Waals surface area contributed by atoms with E-state index in [0.29, 0.717) is 10.7 Å². The van der Waals surface area contributed by atoms with Gasteiger partial charge in [0, 0.05) is 5.56 Å². The zero-order chi connectivity index (χ0) is 8.55. The fraction of sp³-hybridized carbons (Fsp3) is 0.111. The lowest BCUT2D eigenvalue weighted by Crippen LogP contribution is -2.10. The number of nitrogens with zero attached hydrogens (tertiary/aromatic N) is 1. The number of ketones is 1. The first kappa shape index (κ1) is 7.50. The van der Waals surface area contributed by atoms with Gasteiger partial charge in [-0.05, 0) is 0 Å². The van der Waals surface area contributed by atoms with Gasteiger partial charge >= 0.3 is 0 Å². The average molecular weight is 180 g/mol. The Bertz CT molecular complexity index is 345. The lowest BCUT2D eigenvalue weighted by molar-refractivity contribution is 0.0995. The Balaban J connectivity index is 2.17. The Labute approximate surface area is 74.9 Å². The van der Waals surface area contributed by atoms with Gasteiger partial charge in [0.25, 0.3) is 0 Å². The Hall–Kier alpha value is -1.15. The van der Waals surface area contributed by atoms with Crippen molar-refractivity contribution in [3.8, 4) is 0 Å². The van der Waals surface area contributed by atoms with E-state index in [4.69, 9.17) is 11.6 Å². The molecule has 1 heterocycles. The third-order valence-corrected chi connectivity index (χ3v) is 2.02. The minimum atomic E-state index is -0.380. The number of benzene rings is 1. The van der Waals surface area contributed by atoms with Crippen LogP contribution in [0.5, 0.6) is 0 Å². The maximum Gasteiger partial charge on any atom is 0.194 e. The molecule has 0 saturated carbocycles. The van der Waals surface area contributed by atoms with E-state index in [9.17, 15) is 4.79 Å². The molecule has 60 valence electrons. The zero-order valence-electron chi connectivity index (χ0n) is 6.20. The molecule has 0 saturated heterocycles. The van der Waals surface area contributed by atoms with Gasteiger partial charge in [0.2, 0.25) is 0 Å². The van der Waals surface area contributed by atoms with Crippen molar-refractivity contribution in [3.05, 3.63) is 35.9 Å². The molecule has 0 radical (unpaired) electrons. The standard InChI is InChI=1S/C9H6ClNO/c10-9-7(11-9)8(12)6-4-2-1-3-5-6/h1-5,7H. The molecule has 1 atom stereocenters. The zero-order valence-corrected chi connectivity index (χ0v) is 6.95. The first-order valence-electron chi connectivity index (χ1n) is 3.61. The van der Waals surface area contributed by atoms with Crippen LogP contribution in [0.1, 0.15) is 10.4 Å². The Morgan fingerprint density at radius 2 is 1.92 bits per heavy atom. The van der Waals surface area contributed by atoms with Gasteiger partial charge in [-0.2, -0.15) is 0 Å². The topological polar surface area (TPSA) is 29.4 Å². The lowest BCUT2D eigenvalue weighted by atomic mass is 10.1. The highest BCUT2D eigenvalue weighted by Gasteiger charge is 2.33. The molecule has 12 heavy (non-hydrogen) atoms. The first-order chi connectivity index (χ1) is 5.79. The smallest absolute Gasteiger partial charge is 0.194 e. The maximum absolute atomic E-state index is 11.4. The highest BCUT2D eigenvalue weighted by Crippen LogP contribution is 2.20. The highest BCUT2D eigenvalue weighted by atomic mass is 35.5. The largest absolute Gasteiger partial charge is 0.291 e. The van der Waals surface area contributed by atoms with E-state index in [-0.39, 0.29) is 11.8 Å². The van der Waals surface area contributed by atoms with E-state index < -0.39 is 0 Å². The summed E-state index contributed by atoms with van der Waals surface area (Å²) < 4.78 is 0. The summed E-state index contributed by atoms with van der Waals surface area (Å²) in [6.45, 7) is 0. The number of hydrogen-bond donors (Lipinski definition) is 0. The van der Waals surface area contributed by atoms with Gasteiger partial charge in [0.1, 0.15) is 5.17 Å². The molecule has 2 rings (SSSR count).